The van der Waals surface area contributed by atoms with Gasteiger partial charge in [0.15, 0.2) is 0 Å². The van der Waals surface area contributed by atoms with Gasteiger partial charge in [0.25, 0.3) is 0 Å². The summed E-state index contributed by atoms with van der Waals surface area (Å²) in [6.45, 7) is 1.98. The van der Waals surface area contributed by atoms with Crippen LogP contribution < -0.4 is 0 Å². The van der Waals surface area contributed by atoms with E-state index in [0.29, 0.717) is 0 Å². The predicted octanol–water partition coefficient (Wildman–Crippen LogP) is 0.843. The van der Waals surface area contributed by atoms with E-state index in [1.165, 1.54) is 0 Å². The maximum absolute atomic E-state index is 5.35. The lowest BCUT2D eigenvalue weighted by molar-refractivity contribution is 1.78. The summed E-state index contributed by atoms with van der Waals surface area (Å²) in [7, 11) is -0.294. The van der Waals surface area contributed by atoms with Crippen molar-refractivity contribution in [1.82, 2.24) is 0 Å². The molecule has 0 nitrogen and oxygen atoms in total. The monoisotopic (exact) mass is 106 g/mol. The number of hydrogen-bond acceptors (Lipinski definition) is 0. The summed E-state index contributed by atoms with van der Waals surface area (Å²) < 4.78 is 0. The van der Waals surface area contributed by atoms with Crippen molar-refractivity contribution in [2.24, 2.45) is 0 Å². The molecule has 0 N–H and O–H groups in total. The van der Waals surface area contributed by atoms with Gasteiger partial charge in [0, 0.05) is 0 Å². The van der Waals surface area contributed by atoms with Gasteiger partial charge < -0.3 is 0 Å². The van der Waals surface area contributed by atoms with E-state index >= 15 is 0 Å². The minimum absolute atomic E-state index is 0.294. The first kappa shape index (κ1) is 5.25. The van der Waals surface area contributed by atoms with Crippen LogP contribution >= 0.6 is 11.1 Å². The van der Waals surface area contributed by atoms with Crippen molar-refractivity contribution in [3.05, 3.63) is 11.8 Å². The molecular formula is C3H7ClSi. The van der Waals surface area contributed by atoms with Crippen LogP contribution in [0.2, 0.25) is 0 Å². The first-order valence-electron chi connectivity index (χ1n) is 1.59. The maximum atomic E-state index is 5.35. The number of rotatable bonds is 1. The van der Waals surface area contributed by atoms with E-state index < -0.39 is 0 Å². The molecule has 0 rings (SSSR count). The van der Waals surface area contributed by atoms with Crippen LogP contribution in [0.3, 0.4) is 0 Å². The lowest BCUT2D eigenvalue weighted by Crippen LogP contribution is -1.58. The molecule has 0 aromatic carbocycles. The largest absolute Gasteiger partial charge is 0.171 e. The minimum Gasteiger partial charge on any atom is -0.171 e. The highest BCUT2D eigenvalue weighted by molar-refractivity contribution is 6.96. The number of halogens is 1. The maximum Gasteiger partial charge on any atom is 0.148 e. The average Bonchev–Trinajstić information content (AvgIpc) is 1.41. The molecule has 0 aliphatic heterocycles. The molecule has 0 saturated heterocycles. The van der Waals surface area contributed by atoms with Crippen LogP contribution in [0.15, 0.2) is 11.8 Å². The molecule has 30 valence electrons. The molecule has 0 radical (unpaired) electrons. The lowest BCUT2D eigenvalue weighted by atomic mass is 10.8. The Kier molecular flexibility index (Phi) is 4.46. The Bertz CT molecular complexity index is 33.9. The normalized spacial score (nSPS) is 12.4. The van der Waals surface area contributed by atoms with E-state index in [4.69, 9.17) is 11.1 Å². The predicted molar refractivity (Wildman–Crippen MR) is 29.2 cm³/mol. The summed E-state index contributed by atoms with van der Waals surface area (Å²) in [6, 6.07) is 0. The van der Waals surface area contributed by atoms with Gasteiger partial charge in [-0.1, -0.05) is 11.8 Å². The van der Waals surface area contributed by atoms with E-state index in [-0.39, 0.29) is 8.83 Å². The third-order valence-corrected chi connectivity index (χ3v) is 1.51. The van der Waals surface area contributed by atoms with E-state index in [2.05, 4.69) is 0 Å². The van der Waals surface area contributed by atoms with Crippen molar-refractivity contribution in [3.8, 4) is 0 Å². The highest BCUT2D eigenvalue weighted by atomic mass is 35.6. The van der Waals surface area contributed by atoms with Crippen LogP contribution in [-0.4, -0.2) is 8.83 Å². The van der Waals surface area contributed by atoms with Crippen LogP contribution in [0, 0.1) is 0 Å². The second-order valence-electron chi connectivity index (χ2n) is 0.723. The SMILES string of the molecule is CC=C[SiH2]Cl. The summed E-state index contributed by atoms with van der Waals surface area (Å²) in [6.07, 6.45) is 1.99. The Morgan fingerprint density at radius 2 is 2.40 bits per heavy atom. The van der Waals surface area contributed by atoms with Crippen molar-refractivity contribution in [1.29, 1.82) is 0 Å². The topological polar surface area (TPSA) is 0 Å². The Balaban J connectivity index is 2.62. The van der Waals surface area contributed by atoms with Gasteiger partial charge in [-0.3, -0.25) is 0 Å². The molecule has 0 aromatic rings. The molecule has 0 fully saturated rings. The Labute approximate surface area is 39.4 Å². The number of allylic oxidation sites excluding steroid dienone is 1. The second-order valence-corrected chi connectivity index (χ2v) is 2.43. The molecule has 0 saturated carbocycles. The lowest BCUT2D eigenvalue weighted by Gasteiger charge is -1.61. The Hall–Kier alpha value is 0.247. The Morgan fingerprint density at radius 3 is 2.40 bits per heavy atom. The zero-order valence-corrected chi connectivity index (χ0v) is 5.41. The molecule has 0 bridgehead atoms. The molecule has 0 unspecified atom stereocenters. The summed E-state index contributed by atoms with van der Waals surface area (Å²) in [5.74, 6) is 0. The molecule has 0 atom stereocenters. The van der Waals surface area contributed by atoms with Crippen LogP contribution in [-0.2, 0) is 0 Å². The summed E-state index contributed by atoms with van der Waals surface area (Å²) >= 11 is 5.35. The first-order chi connectivity index (χ1) is 2.41. The molecule has 0 heterocycles. The summed E-state index contributed by atoms with van der Waals surface area (Å²) in [4.78, 5) is 0. The summed E-state index contributed by atoms with van der Waals surface area (Å²) in [5, 5.41) is 0. The minimum atomic E-state index is -0.294. The van der Waals surface area contributed by atoms with E-state index in [1.807, 2.05) is 18.7 Å². The van der Waals surface area contributed by atoms with Gasteiger partial charge in [-0.25, -0.2) is 0 Å². The van der Waals surface area contributed by atoms with Crippen molar-refractivity contribution in [2.75, 3.05) is 0 Å². The van der Waals surface area contributed by atoms with E-state index in [1.54, 1.807) is 0 Å². The van der Waals surface area contributed by atoms with Crippen LogP contribution in [0.5, 0.6) is 0 Å². The van der Waals surface area contributed by atoms with Gasteiger partial charge in [0.05, 0.1) is 0 Å². The smallest absolute Gasteiger partial charge is 0.148 e. The fourth-order valence-electron chi connectivity index (χ4n) is 0.0891. The van der Waals surface area contributed by atoms with E-state index in [0.717, 1.165) is 0 Å². The highest BCUT2D eigenvalue weighted by Crippen LogP contribution is 1.68. The second kappa shape index (κ2) is 4.25. The average molecular weight is 107 g/mol. The standard InChI is InChI=1S/C3H7ClSi/c1-2-3-5-4/h2-3H,5H2,1H3. The summed E-state index contributed by atoms with van der Waals surface area (Å²) in [5.41, 5.74) is 2.03. The molecule has 0 spiro atoms. The fourth-order valence-corrected chi connectivity index (χ4v) is 0.802. The van der Waals surface area contributed by atoms with Crippen LogP contribution in [0.25, 0.3) is 0 Å². The molecule has 0 aromatic heterocycles. The number of hydrogen-bond donors (Lipinski definition) is 0. The van der Waals surface area contributed by atoms with Crippen molar-refractivity contribution >= 4 is 19.9 Å². The quantitative estimate of drug-likeness (QED) is 0.343. The highest BCUT2D eigenvalue weighted by Gasteiger charge is 1.57. The van der Waals surface area contributed by atoms with Gasteiger partial charge in [0.1, 0.15) is 8.83 Å². The third-order valence-electron chi connectivity index (χ3n) is 0.325. The molecule has 2 heteroatoms. The van der Waals surface area contributed by atoms with E-state index in [9.17, 15) is 0 Å². The van der Waals surface area contributed by atoms with Crippen LogP contribution in [0.1, 0.15) is 6.92 Å². The van der Waals surface area contributed by atoms with Crippen molar-refractivity contribution in [2.45, 2.75) is 6.92 Å². The zero-order valence-electron chi connectivity index (χ0n) is 3.24. The van der Waals surface area contributed by atoms with Gasteiger partial charge in [0.2, 0.25) is 0 Å². The zero-order chi connectivity index (χ0) is 4.12. The fraction of sp³-hybridized carbons (Fsp3) is 0.333. The van der Waals surface area contributed by atoms with Crippen molar-refractivity contribution in [3.63, 3.8) is 0 Å². The van der Waals surface area contributed by atoms with Gasteiger partial charge in [-0.15, -0.1) is 0 Å². The third kappa shape index (κ3) is 4.25. The van der Waals surface area contributed by atoms with Gasteiger partial charge >= 0.3 is 0 Å². The first-order valence-corrected chi connectivity index (χ1v) is 4.54. The molecule has 5 heavy (non-hydrogen) atoms. The molecular weight excluding hydrogens is 99.6 g/mol. The van der Waals surface area contributed by atoms with Gasteiger partial charge in [-0.05, 0) is 6.92 Å². The molecule has 0 aliphatic rings. The van der Waals surface area contributed by atoms with Crippen molar-refractivity contribution < 1.29 is 0 Å². The molecule has 0 aliphatic carbocycles. The molecule has 0 amide bonds. The van der Waals surface area contributed by atoms with Gasteiger partial charge in [-0.2, -0.15) is 11.1 Å². The van der Waals surface area contributed by atoms with Crippen LogP contribution in [0.4, 0.5) is 0 Å². The Morgan fingerprint density at radius 1 is 1.80 bits per heavy atom.